The van der Waals surface area contributed by atoms with Gasteiger partial charge >= 0.3 is 5.97 Å². The van der Waals surface area contributed by atoms with Crippen molar-refractivity contribution in [2.45, 2.75) is 33.0 Å². The maximum Gasteiger partial charge on any atom is 0.335 e. The first-order chi connectivity index (χ1) is 15.0. The van der Waals surface area contributed by atoms with E-state index in [0.717, 1.165) is 16.8 Å². The molecule has 2 aromatic carbocycles. The molecule has 0 radical (unpaired) electrons. The Hall–Kier alpha value is -3.32. The van der Waals surface area contributed by atoms with Gasteiger partial charge in [-0.3, -0.25) is 0 Å². The van der Waals surface area contributed by atoms with Gasteiger partial charge in [0.05, 0.1) is 14.2 Å². The minimum atomic E-state index is -0.690. The lowest BCUT2D eigenvalue weighted by molar-refractivity contribution is -0.153. The maximum absolute atomic E-state index is 11.9. The SMILES string of the molecule is CCO[C@@H](Cc1ccc(OCc2nc(-c3ccccc3)oc2C)cc1OC)C(=O)OC. The molecule has 0 bridgehead atoms. The van der Waals surface area contributed by atoms with Gasteiger partial charge in [0, 0.05) is 24.7 Å². The zero-order chi connectivity index (χ0) is 22.2. The van der Waals surface area contributed by atoms with Crippen LogP contribution < -0.4 is 9.47 Å². The smallest absolute Gasteiger partial charge is 0.335 e. The van der Waals surface area contributed by atoms with E-state index in [1.165, 1.54) is 7.11 Å². The van der Waals surface area contributed by atoms with Crippen LogP contribution >= 0.6 is 0 Å². The van der Waals surface area contributed by atoms with Gasteiger partial charge in [0.1, 0.15) is 29.6 Å². The van der Waals surface area contributed by atoms with Crippen LogP contribution in [-0.4, -0.2) is 37.9 Å². The zero-order valence-electron chi connectivity index (χ0n) is 18.2. The minimum absolute atomic E-state index is 0.258. The predicted molar refractivity (Wildman–Crippen MR) is 115 cm³/mol. The molecular weight excluding hydrogens is 398 g/mol. The van der Waals surface area contributed by atoms with Crippen molar-refractivity contribution in [1.82, 2.24) is 4.98 Å². The number of nitrogens with zero attached hydrogens (tertiary/aromatic N) is 1. The highest BCUT2D eigenvalue weighted by molar-refractivity contribution is 5.75. The third-order valence-electron chi connectivity index (χ3n) is 4.78. The highest BCUT2D eigenvalue weighted by atomic mass is 16.6. The summed E-state index contributed by atoms with van der Waals surface area (Å²) >= 11 is 0. The van der Waals surface area contributed by atoms with Gasteiger partial charge in [0.15, 0.2) is 6.10 Å². The summed E-state index contributed by atoms with van der Waals surface area (Å²) in [7, 11) is 2.92. The number of aryl methyl sites for hydroxylation is 1. The molecule has 7 heteroatoms. The lowest BCUT2D eigenvalue weighted by atomic mass is 10.1. The van der Waals surface area contributed by atoms with Crippen molar-refractivity contribution in [3.8, 4) is 23.0 Å². The second-order valence-corrected chi connectivity index (χ2v) is 6.82. The van der Waals surface area contributed by atoms with Crippen LogP contribution in [0.15, 0.2) is 52.9 Å². The number of oxazole rings is 1. The predicted octanol–water partition coefficient (Wildman–Crippen LogP) is 4.36. The Morgan fingerprint density at radius 1 is 1.13 bits per heavy atom. The monoisotopic (exact) mass is 425 g/mol. The van der Waals surface area contributed by atoms with Gasteiger partial charge in [-0.1, -0.05) is 24.3 Å². The van der Waals surface area contributed by atoms with Crippen LogP contribution in [0.4, 0.5) is 0 Å². The van der Waals surface area contributed by atoms with Crippen LogP contribution in [-0.2, 0) is 27.3 Å². The molecule has 1 heterocycles. The summed E-state index contributed by atoms with van der Waals surface area (Å²) in [5.74, 6) is 2.08. The average molecular weight is 425 g/mol. The van der Waals surface area contributed by atoms with Crippen molar-refractivity contribution in [2.24, 2.45) is 0 Å². The highest BCUT2D eigenvalue weighted by Gasteiger charge is 2.22. The number of methoxy groups -OCH3 is 2. The van der Waals surface area contributed by atoms with Gasteiger partial charge in [0.2, 0.25) is 5.89 Å². The fraction of sp³-hybridized carbons (Fsp3) is 0.333. The van der Waals surface area contributed by atoms with E-state index < -0.39 is 12.1 Å². The van der Waals surface area contributed by atoms with E-state index >= 15 is 0 Å². The number of carbonyl (C=O) groups excluding carboxylic acids is 1. The number of ether oxygens (including phenoxy) is 4. The standard InChI is InChI=1S/C24H27NO6/c1-5-29-22(24(26)28-4)13-18-11-12-19(14-21(18)27-3)30-15-20-16(2)31-23(25-20)17-9-7-6-8-10-17/h6-12,14,22H,5,13,15H2,1-4H3/t22-/m0/s1. The Kier molecular flexibility index (Phi) is 7.67. The zero-order valence-corrected chi connectivity index (χ0v) is 18.2. The number of benzene rings is 2. The average Bonchev–Trinajstić information content (AvgIpc) is 3.18. The molecule has 3 aromatic rings. The van der Waals surface area contributed by atoms with Crippen LogP contribution in [0.25, 0.3) is 11.5 Å². The highest BCUT2D eigenvalue weighted by Crippen LogP contribution is 2.28. The molecule has 0 saturated carbocycles. The molecule has 164 valence electrons. The van der Waals surface area contributed by atoms with E-state index in [4.69, 9.17) is 23.4 Å². The van der Waals surface area contributed by atoms with Gasteiger partial charge in [-0.15, -0.1) is 0 Å². The van der Waals surface area contributed by atoms with Crippen molar-refractivity contribution < 1.29 is 28.2 Å². The van der Waals surface area contributed by atoms with Crippen molar-refractivity contribution in [1.29, 1.82) is 0 Å². The van der Waals surface area contributed by atoms with Crippen LogP contribution in [0.2, 0.25) is 0 Å². The third kappa shape index (κ3) is 5.64. The molecule has 0 N–H and O–H groups in total. The summed E-state index contributed by atoms with van der Waals surface area (Å²) in [4.78, 5) is 16.5. The Morgan fingerprint density at radius 3 is 2.58 bits per heavy atom. The van der Waals surface area contributed by atoms with E-state index in [1.54, 1.807) is 13.2 Å². The molecule has 0 saturated heterocycles. The molecule has 0 amide bonds. The number of hydrogen-bond donors (Lipinski definition) is 0. The van der Waals surface area contributed by atoms with Crippen LogP contribution in [0.3, 0.4) is 0 Å². The lowest BCUT2D eigenvalue weighted by Crippen LogP contribution is -2.28. The molecule has 3 rings (SSSR count). The molecule has 0 fully saturated rings. The van der Waals surface area contributed by atoms with Gasteiger partial charge in [-0.2, -0.15) is 0 Å². The summed E-state index contributed by atoms with van der Waals surface area (Å²) in [5, 5.41) is 0. The second kappa shape index (κ2) is 10.6. The van der Waals surface area contributed by atoms with E-state index in [1.807, 2.05) is 56.3 Å². The minimum Gasteiger partial charge on any atom is -0.496 e. The summed E-state index contributed by atoms with van der Waals surface area (Å²) in [6.07, 6.45) is -0.350. The first-order valence-electron chi connectivity index (χ1n) is 10.1. The molecule has 0 aliphatic rings. The molecule has 31 heavy (non-hydrogen) atoms. The molecular formula is C24H27NO6. The summed E-state index contributed by atoms with van der Waals surface area (Å²) in [6, 6.07) is 15.2. The van der Waals surface area contributed by atoms with Crippen molar-refractivity contribution >= 4 is 5.97 Å². The Labute approximate surface area is 181 Å². The molecule has 1 aromatic heterocycles. The van der Waals surface area contributed by atoms with Crippen LogP contribution in [0.1, 0.15) is 23.9 Å². The summed E-state index contributed by atoms with van der Waals surface area (Å²) < 4.78 is 27.5. The maximum atomic E-state index is 11.9. The fourth-order valence-corrected chi connectivity index (χ4v) is 3.14. The number of aromatic nitrogens is 1. The Morgan fingerprint density at radius 2 is 1.90 bits per heavy atom. The molecule has 0 aliphatic carbocycles. The second-order valence-electron chi connectivity index (χ2n) is 6.82. The quantitative estimate of drug-likeness (QED) is 0.447. The summed E-state index contributed by atoms with van der Waals surface area (Å²) in [5.41, 5.74) is 2.46. The first kappa shape index (κ1) is 22.4. The third-order valence-corrected chi connectivity index (χ3v) is 4.78. The lowest BCUT2D eigenvalue weighted by Gasteiger charge is -2.17. The Bertz CT molecular complexity index is 999. The van der Waals surface area contributed by atoms with E-state index in [9.17, 15) is 4.79 Å². The molecule has 0 aliphatic heterocycles. The molecule has 0 unspecified atom stereocenters. The largest absolute Gasteiger partial charge is 0.496 e. The number of hydrogen-bond acceptors (Lipinski definition) is 7. The van der Waals surface area contributed by atoms with Crippen LogP contribution in [0.5, 0.6) is 11.5 Å². The first-order valence-corrected chi connectivity index (χ1v) is 10.1. The number of carbonyl (C=O) groups is 1. The van der Waals surface area contributed by atoms with E-state index in [0.29, 0.717) is 36.2 Å². The fourth-order valence-electron chi connectivity index (χ4n) is 3.14. The normalized spacial score (nSPS) is 11.7. The molecule has 0 spiro atoms. The van der Waals surface area contributed by atoms with Crippen LogP contribution in [0, 0.1) is 6.92 Å². The van der Waals surface area contributed by atoms with E-state index in [-0.39, 0.29) is 6.61 Å². The topological polar surface area (TPSA) is 80.0 Å². The summed E-state index contributed by atoms with van der Waals surface area (Å²) in [6.45, 7) is 4.36. The number of esters is 1. The van der Waals surface area contributed by atoms with Gasteiger partial charge in [-0.25, -0.2) is 9.78 Å². The van der Waals surface area contributed by atoms with Gasteiger partial charge < -0.3 is 23.4 Å². The van der Waals surface area contributed by atoms with E-state index in [2.05, 4.69) is 4.98 Å². The van der Waals surface area contributed by atoms with Crippen molar-refractivity contribution in [3.63, 3.8) is 0 Å². The molecule has 1 atom stereocenters. The van der Waals surface area contributed by atoms with Gasteiger partial charge in [0.25, 0.3) is 0 Å². The number of rotatable bonds is 10. The molecule has 7 nitrogen and oxygen atoms in total. The Balaban J connectivity index is 1.70. The van der Waals surface area contributed by atoms with Gasteiger partial charge in [-0.05, 0) is 37.6 Å². The van der Waals surface area contributed by atoms with Crippen molar-refractivity contribution in [2.75, 3.05) is 20.8 Å². The van der Waals surface area contributed by atoms with Crippen molar-refractivity contribution in [3.05, 3.63) is 65.5 Å².